The van der Waals surface area contributed by atoms with E-state index >= 15 is 0 Å². The minimum absolute atomic E-state index is 0.312. The maximum atomic E-state index is 14.8. The van der Waals surface area contributed by atoms with Crippen LogP contribution in [0.5, 0.6) is 0 Å². The van der Waals surface area contributed by atoms with Crippen molar-refractivity contribution >= 4 is 15.8 Å². The first kappa shape index (κ1) is 23.8. The summed E-state index contributed by atoms with van der Waals surface area (Å²) >= 11 is 0. The molecule has 3 aromatic carbocycles. The number of benzene rings is 3. The lowest BCUT2D eigenvalue weighted by molar-refractivity contribution is -0.175. The summed E-state index contributed by atoms with van der Waals surface area (Å²) in [7, 11) is -4.87. The number of alkyl halides is 5. The molecule has 1 aliphatic carbocycles. The largest absolute Gasteiger partial charge is 0.358 e. The zero-order valence-electron chi connectivity index (χ0n) is 17.1. The molecule has 0 unspecified atom stereocenters. The van der Waals surface area contributed by atoms with Gasteiger partial charge in [-0.2, -0.15) is 26.0 Å². The van der Waals surface area contributed by atoms with Crippen LogP contribution < -0.4 is 0 Å². The van der Waals surface area contributed by atoms with Gasteiger partial charge in [0.25, 0.3) is 0 Å². The van der Waals surface area contributed by atoms with Crippen molar-refractivity contribution in [2.75, 3.05) is 6.67 Å². The van der Waals surface area contributed by atoms with E-state index in [0.29, 0.717) is 17.5 Å². The highest BCUT2D eigenvalue weighted by atomic mass is 32.2. The molecule has 4 rings (SSSR count). The minimum Gasteiger partial charge on any atom is -0.264 e. The first-order valence-electron chi connectivity index (χ1n) is 9.77. The third-order valence-electron chi connectivity index (χ3n) is 5.32. The van der Waals surface area contributed by atoms with Crippen LogP contribution in [0.2, 0.25) is 0 Å². The Bertz CT molecular complexity index is 1370. The molecular formula is C23H15F6NO3S. The van der Waals surface area contributed by atoms with Crippen molar-refractivity contribution in [2.24, 2.45) is 5.16 Å². The maximum absolute atomic E-state index is 14.8. The van der Waals surface area contributed by atoms with Crippen molar-refractivity contribution in [2.45, 2.75) is 23.2 Å². The molecule has 0 fully saturated rings. The second-order valence-corrected chi connectivity index (χ2v) is 9.07. The minimum atomic E-state index is -5.22. The van der Waals surface area contributed by atoms with Gasteiger partial charge in [-0.15, -0.1) is 0 Å². The number of fused-ring (bicyclic) bond motifs is 3. The first-order chi connectivity index (χ1) is 16.0. The Kier molecular flexibility index (Phi) is 5.92. The fourth-order valence-electron chi connectivity index (χ4n) is 3.57. The van der Waals surface area contributed by atoms with Crippen LogP contribution in [0.1, 0.15) is 16.7 Å². The van der Waals surface area contributed by atoms with Crippen LogP contribution in [0, 0.1) is 5.82 Å². The van der Waals surface area contributed by atoms with Crippen LogP contribution >= 0.6 is 0 Å². The molecule has 11 heteroatoms. The number of nitrogens with zero attached hydrogens (tertiary/aromatic N) is 1. The highest BCUT2D eigenvalue weighted by Crippen LogP contribution is 2.41. The summed E-state index contributed by atoms with van der Waals surface area (Å²) in [6.07, 6.45) is 0.312. The number of oxime groups is 1. The SMILES string of the molecule is O=S(=O)(ON=C(c1ccc2c(c1)Cc1ccccc1-2)C(F)(F)C(F)(F)CF)c1ccc(F)cc1. The molecule has 0 saturated carbocycles. The molecule has 0 N–H and O–H groups in total. The molecular weight excluding hydrogens is 484 g/mol. The Morgan fingerprint density at radius 3 is 2.24 bits per heavy atom. The number of rotatable bonds is 7. The van der Waals surface area contributed by atoms with Crippen molar-refractivity contribution < 1.29 is 39.0 Å². The van der Waals surface area contributed by atoms with Crippen molar-refractivity contribution in [1.82, 2.24) is 0 Å². The molecule has 0 heterocycles. The van der Waals surface area contributed by atoms with Gasteiger partial charge in [-0.3, -0.25) is 4.28 Å². The van der Waals surface area contributed by atoms with Crippen LogP contribution in [0.15, 0.2) is 76.8 Å². The van der Waals surface area contributed by atoms with Crippen LogP contribution in [0.25, 0.3) is 11.1 Å². The van der Waals surface area contributed by atoms with Gasteiger partial charge >= 0.3 is 22.0 Å². The van der Waals surface area contributed by atoms with Gasteiger partial charge in [0.1, 0.15) is 10.7 Å². The van der Waals surface area contributed by atoms with Crippen molar-refractivity contribution in [3.8, 4) is 11.1 Å². The van der Waals surface area contributed by atoms with Gasteiger partial charge in [0.15, 0.2) is 12.4 Å². The summed E-state index contributed by atoms with van der Waals surface area (Å²) in [5.74, 6) is -11.2. The molecule has 0 spiro atoms. The second-order valence-electron chi connectivity index (χ2n) is 7.54. The smallest absolute Gasteiger partial charge is 0.264 e. The molecule has 0 radical (unpaired) electrons. The van der Waals surface area contributed by atoms with Crippen LogP contribution in [0.4, 0.5) is 26.3 Å². The summed E-state index contributed by atoms with van der Waals surface area (Å²) < 4.78 is 112. The summed E-state index contributed by atoms with van der Waals surface area (Å²) in [4.78, 5) is -0.651. The second kappa shape index (κ2) is 8.46. The van der Waals surface area contributed by atoms with Gasteiger partial charge in [0.2, 0.25) is 0 Å². The molecule has 34 heavy (non-hydrogen) atoms. The Hall–Kier alpha value is -3.34. The predicted molar refractivity (Wildman–Crippen MR) is 112 cm³/mol. The van der Waals surface area contributed by atoms with E-state index in [1.54, 1.807) is 18.2 Å². The molecule has 4 nitrogen and oxygen atoms in total. The van der Waals surface area contributed by atoms with Crippen LogP contribution in [0.3, 0.4) is 0 Å². The zero-order chi connectivity index (χ0) is 24.7. The van der Waals surface area contributed by atoms with Gasteiger partial charge in [-0.1, -0.05) is 41.6 Å². The fraction of sp³-hybridized carbons (Fsp3) is 0.174. The summed E-state index contributed by atoms with van der Waals surface area (Å²) in [6.45, 7) is -2.72. The zero-order valence-corrected chi connectivity index (χ0v) is 17.9. The highest BCUT2D eigenvalue weighted by Gasteiger charge is 2.61. The Morgan fingerprint density at radius 2 is 1.56 bits per heavy atom. The molecule has 0 aliphatic heterocycles. The van der Waals surface area contributed by atoms with Gasteiger partial charge in [-0.05, 0) is 59.0 Å². The van der Waals surface area contributed by atoms with E-state index in [-0.39, 0.29) is 0 Å². The van der Waals surface area contributed by atoms with Crippen molar-refractivity contribution in [3.63, 3.8) is 0 Å². The topological polar surface area (TPSA) is 55.7 Å². The molecule has 178 valence electrons. The molecule has 0 aromatic heterocycles. The molecule has 0 bridgehead atoms. The van der Waals surface area contributed by atoms with E-state index in [1.807, 2.05) is 6.07 Å². The Morgan fingerprint density at radius 1 is 0.912 bits per heavy atom. The average molecular weight is 499 g/mol. The predicted octanol–water partition coefficient (Wildman–Crippen LogP) is 5.75. The van der Waals surface area contributed by atoms with E-state index in [0.717, 1.165) is 47.5 Å². The van der Waals surface area contributed by atoms with Gasteiger partial charge in [0.05, 0.1) is 0 Å². The van der Waals surface area contributed by atoms with E-state index < -0.39 is 50.6 Å². The standard InChI is InChI=1S/C23H15F6NO3S/c24-13-22(26,27)23(28,29)21(30-33-34(31,32)18-8-6-17(25)7-9-18)15-5-10-20-16(12-15)11-14-3-1-2-4-19(14)20/h1-10,12H,11,13H2. The molecule has 1 aliphatic rings. The summed E-state index contributed by atoms with van der Waals surface area (Å²) in [5, 5.41) is 2.86. The van der Waals surface area contributed by atoms with Gasteiger partial charge in [0, 0.05) is 5.56 Å². The van der Waals surface area contributed by atoms with E-state index in [4.69, 9.17) is 0 Å². The Balaban J connectivity index is 1.78. The van der Waals surface area contributed by atoms with Gasteiger partial charge < -0.3 is 0 Å². The number of halogens is 6. The third kappa shape index (κ3) is 4.15. The lowest BCUT2D eigenvalue weighted by atomic mass is 9.96. The van der Waals surface area contributed by atoms with E-state index in [9.17, 15) is 34.8 Å². The van der Waals surface area contributed by atoms with Crippen molar-refractivity contribution in [1.29, 1.82) is 0 Å². The molecule has 0 amide bonds. The highest BCUT2D eigenvalue weighted by molar-refractivity contribution is 7.86. The van der Waals surface area contributed by atoms with E-state index in [1.165, 1.54) is 6.07 Å². The molecule has 3 aromatic rings. The summed E-state index contributed by atoms with van der Waals surface area (Å²) in [5.41, 5.74) is 0.563. The monoisotopic (exact) mass is 499 g/mol. The quantitative estimate of drug-likeness (QED) is 0.185. The maximum Gasteiger partial charge on any atom is 0.358 e. The normalized spacial score (nSPS) is 14.0. The van der Waals surface area contributed by atoms with E-state index in [2.05, 4.69) is 9.44 Å². The Labute approximate surface area is 190 Å². The molecule has 0 saturated heterocycles. The molecule has 0 atom stereocenters. The average Bonchev–Trinajstić information content (AvgIpc) is 3.17. The summed E-state index contributed by atoms with van der Waals surface area (Å²) in [6, 6.07) is 13.9. The van der Waals surface area contributed by atoms with Crippen molar-refractivity contribution in [3.05, 3.63) is 89.2 Å². The lowest BCUT2D eigenvalue weighted by Gasteiger charge is -2.25. The number of hydrogen-bond donors (Lipinski definition) is 0. The van der Waals surface area contributed by atoms with Crippen LogP contribution in [-0.4, -0.2) is 32.6 Å². The van der Waals surface area contributed by atoms with Crippen LogP contribution in [-0.2, 0) is 20.8 Å². The fourth-order valence-corrected chi connectivity index (χ4v) is 4.30. The van der Waals surface area contributed by atoms with Gasteiger partial charge in [-0.25, -0.2) is 8.78 Å². The lowest BCUT2D eigenvalue weighted by Crippen LogP contribution is -2.49. The first-order valence-corrected chi connectivity index (χ1v) is 11.2. The number of hydrogen-bond acceptors (Lipinski definition) is 4. The third-order valence-corrected chi connectivity index (χ3v) is 6.44.